The number of amides is 1. The highest BCUT2D eigenvalue weighted by Gasteiger charge is 2.29. The fourth-order valence-corrected chi connectivity index (χ4v) is 3.04. The number of nitrogens with zero attached hydrogens (tertiary/aromatic N) is 3. The van der Waals surface area contributed by atoms with Crippen LogP contribution in [0.25, 0.3) is 11.4 Å². The zero-order valence-corrected chi connectivity index (χ0v) is 14.5. The molecule has 132 valence electrons. The van der Waals surface area contributed by atoms with Gasteiger partial charge in [-0.25, -0.2) is 0 Å². The normalized spacial score (nSPS) is 18.9. The highest BCUT2D eigenvalue weighted by molar-refractivity contribution is 5.85. The second kappa shape index (κ2) is 8.30. The summed E-state index contributed by atoms with van der Waals surface area (Å²) in [6, 6.07) is 1.90. The summed E-state index contributed by atoms with van der Waals surface area (Å²) in [5, 5.41) is 3.90. The van der Waals surface area contributed by atoms with Gasteiger partial charge in [0.05, 0.1) is 11.8 Å². The Morgan fingerprint density at radius 2 is 2.33 bits per heavy atom. The summed E-state index contributed by atoms with van der Waals surface area (Å²) < 4.78 is 10.2. The Morgan fingerprint density at radius 3 is 3.04 bits per heavy atom. The van der Waals surface area contributed by atoms with Crippen LogP contribution in [0.4, 0.5) is 0 Å². The van der Waals surface area contributed by atoms with Gasteiger partial charge in [0.2, 0.25) is 17.6 Å². The van der Waals surface area contributed by atoms with Crippen molar-refractivity contribution in [2.75, 3.05) is 6.54 Å². The smallest absolute Gasteiger partial charge is 0.227 e. The lowest BCUT2D eigenvalue weighted by molar-refractivity contribution is -0.135. The van der Waals surface area contributed by atoms with Gasteiger partial charge in [0.15, 0.2) is 0 Å². The minimum absolute atomic E-state index is 0. The maximum atomic E-state index is 12.5. The molecule has 0 spiro atoms. The van der Waals surface area contributed by atoms with Crippen LogP contribution in [0.2, 0.25) is 0 Å². The molecular formula is C16H23ClN4O3. The lowest BCUT2D eigenvalue weighted by Crippen LogP contribution is -2.51. The number of furan rings is 1. The molecule has 0 saturated carbocycles. The molecule has 3 heterocycles. The molecule has 3 rings (SSSR count). The molecule has 0 bridgehead atoms. The van der Waals surface area contributed by atoms with E-state index in [9.17, 15) is 4.79 Å². The average Bonchev–Trinajstić information content (AvgIpc) is 3.23. The van der Waals surface area contributed by atoms with Gasteiger partial charge in [-0.1, -0.05) is 5.16 Å². The van der Waals surface area contributed by atoms with E-state index in [0.717, 1.165) is 31.4 Å². The van der Waals surface area contributed by atoms with Crippen LogP contribution in [0.1, 0.15) is 38.5 Å². The van der Waals surface area contributed by atoms with Crippen LogP contribution in [0.15, 0.2) is 27.5 Å². The second-order valence-corrected chi connectivity index (χ2v) is 6.03. The van der Waals surface area contributed by atoms with Crippen LogP contribution in [-0.4, -0.2) is 39.6 Å². The van der Waals surface area contributed by atoms with Crippen LogP contribution >= 0.6 is 12.4 Å². The summed E-state index contributed by atoms with van der Waals surface area (Å²) in [7, 11) is 0. The SMILES string of the molecule is CC(N)C1CCCCN1C(=O)CCc1nc(-c2ccoc2)no1.Cl. The fraction of sp³-hybridized carbons (Fsp3) is 0.562. The number of hydrogen-bond acceptors (Lipinski definition) is 6. The highest BCUT2D eigenvalue weighted by Crippen LogP contribution is 2.21. The lowest BCUT2D eigenvalue weighted by Gasteiger charge is -2.38. The van der Waals surface area contributed by atoms with Crippen molar-refractivity contribution < 1.29 is 13.7 Å². The molecule has 2 aromatic heterocycles. The van der Waals surface area contributed by atoms with Crippen LogP contribution in [0.3, 0.4) is 0 Å². The Morgan fingerprint density at radius 1 is 1.50 bits per heavy atom. The highest BCUT2D eigenvalue weighted by atomic mass is 35.5. The Kier molecular flexibility index (Phi) is 6.39. The Bertz CT molecular complexity index is 642. The number of likely N-dealkylation sites (tertiary alicyclic amines) is 1. The van der Waals surface area contributed by atoms with Gasteiger partial charge in [-0.2, -0.15) is 4.98 Å². The van der Waals surface area contributed by atoms with Gasteiger partial charge in [0.25, 0.3) is 0 Å². The predicted octanol–water partition coefficient (Wildman–Crippen LogP) is 2.41. The first-order valence-electron chi connectivity index (χ1n) is 8.05. The van der Waals surface area contributed by atoms with Gasteiger partial charge in [-0.3, -0.25) is 4.79 Å². The van der Waals surface area contributed by atoms with Gasteiger partial charge in [-0.15, -0.1) is 12.4 Å². The molecule has 8 heteroatoms. The first-order valence-corrected chi connectivity index (χ1v) is 8.05. The van der Waals surface area contributed by atoms with Crippen molar-refractivity contribution in [3.8, 4) is 11.4 Å². The number of piperidine rings is 1. The van der Waals surface area contributed by atoms with Crippen LogP contribution in [-0.2, 0) is 11.2 Å². The Labute approximate surface area is 147 Å². The molecule has 1 amide bonds. The molecule has 24 heavy (non-hydrogen) atoms. The van der Waals surface area contributed by atoms with Gasteiger partial charge in [-0.05, 0) is 32.3 Å². The molecule has 2 atom stereocenters. The van der Waals surface area contributed by atoms with E-state index in [4.69, 9.17) is 14.7 Å². The van der Waals surface area contributed by atoms with Crippen molar-refractivity contribution in [2.24, 2.45) is 5.73 Å². The zero-order chi connectivity index (χ0) is 16.2. The molecule has 2 unspecified atom stereocenters. The summed E-state index contributed by atoms with van der Waals surface area (Å²) >= 11 is 0. The molecule has 1 fully saturated rings. The number of aromatic nitrogens is 2. The molecule has 0 aliphatic carbocycles. The first kappa shape index (κ1) is 18.5. The van der Waals surface area contributed by atoms with Crippen molar-refractivity contribution in [3.05, 3.63) is 24.5 Å². The van der Waals surface area contributed by atoms with Crippen LogP contribution < -0.4 is 5.73 Å². The minimum atomic E-state index is -0.00431. The van der Waals surface area contributed by atoms with Crippen molar-refractivity contribution >= 4 is 18.3 Å². The Balaban J connectivity index is 0.00000208. The summed E-state index contributed by atoms with van der Waals surface area (Å²) in [6.45, 7) is 2.75. The van der Waals surface area contributed by atoms with Gasteiger partial charge >= 0.3 is 0 Å². The van der Waals surface area contributed by atoms with Gasteiger partial charge < -0.3 is 19.6 Å². The topological polar surface area (TPSA) is 98.4 Å². The molecule has 2 N–H and O–H groups in total. The maximum absolute atomic E-state index is 12.5. The number of carbonyl (C=O) groups is 1. The Hall–Kier alpha value is -1.86. The molecule has 1 saturated heterocycles. The van der Waals surface area contributed by atoms with E-state index in [0.29, 0.717) is 24.6 Å². The van der Waals surface area contributed by atoms with Crippen LogP contribution in [0.5, 0.6) is 0 Å². The maximum Gasteiger partial charge on any atom is 0.227 e. The second-order valence-electron chi connectivity index (χ2n) is 6.03. The van der Waals surface area contributed by atoms with Crippen molar-refractivity contribution in [3.63, 3.8) is 0 Å². The van der Waals surface area contributed by atoms with E-state index in [1.165, 1.54) is 0 Å². The van der Waals surface area contributed by atoms with Crippen molar-refractivity contribution in [1.29, 1.82) is 0 Å². The summed E-state index contributed by atoms with van der Waals surface area (Å²) in [4.78, 5) is 18.7. The number of carbonyl (C=O) groups excluding carboxylic acids is 1. The number of aryl methyl sites for hydroxylation is 1. The van der Waals surface area contributed by atoms with E-state index in [1.54, 1.807) is 18.6 Å². The third-order valence-corrected chi connectivity index (χ3v) is 4.28. The fourth-order valence-electron chi connectivity index (χ4n) is 3.04. The van der Waals surface area contributed by atoms with Gasteiger partial charge in [0.1, 0.15) is 6.26 Å². The van der Waals surface area contributed by atoms with Gasteiger partial charge in [0, 0.05) is 31.5 Å². The monoisotopic (exact) mass is 354 g/mol. The standard InChI is InChI=1S/C16H22N4O3.ClH/c1-11(17)13-4-2-3-8-20(13)15(21)6-5-14-18-16(19-23-14)12-7-9-22-10-12;/h7,9-11,13H,2-6,8,17H2,1H3;1H. The molecule has 0 aromatic carbocycles. The molecule has 0 radical (unpaired) electrons. The van der Waals surface area contributed by atoms with Crippen molar-refractivity contribution in [1.82, 2.24) is 15.0 Å². The largest absolute Gasteiger partial charge is 0.472 e. The predicted molar refractivity (Wildman–Crippen MR) is 90.6 cm³/mol. The summed E-state index contributed by atoms with van der Waals surface area (Å²) in [5.41, 5.74) is 6.78. The quantitative estimate of drug-likeness (QED) is 0.885. The van der Waals surface area contributed by atoms with E-state index < -0.39 is 0 Å². The third kappa shape index (κ3) is 4.15. The van der Waals surface area contributed by atoms with E-state index in [-0.39, 0.29) is 30.4 Å². The first-order chi connectivity index (χ1) is 11.1. The molecular weight excluding hydrogens is 332 g/mol. The third-order valence-electron chi connectivity index (χ3n) is 4.28. The van der Waals surface area contributed by atoms with E-state index >= 15 is 0 Å². The molecule has 2 aromatic rings. The number of hydrogen-bond donors (Lipinski definition) is 1. The number of rotatable bonds is 5. The molecule has 1 aliphatic heterocycles. The zero-order valence-electron chi connectivity index (χ0n) is 13.7. The summed E-state index contributed by atoms with van der Waals surface area (Å²) in [5.74, 6) is 1.05. The average molecular weight is 355 g/mol. The lowest BCUT2D eigenvalue weighted by atomic mass is 9.96. The van der Waals surface area contributed by atoms with E-state index in [1.807, 2.05) is 11.8 Å². The number of nitrogens with two attached hydrogens (primary N) is 1. The molecule has 1 aliphatic rings. The number of halogens is 1. The minimum Gasteiger partial charge on any atom is -0.472 e. The summed E-state index contributed by atoms with van der Waals surface area (Å²) in [6.07, 6.45) is 7.06. The molecule has 7 nitrogen and oxygen atoms in total. The van der Waals surface area contributed by atoms with E-state index in [2.05, 4.69) is 10.1 Å². The van der Waals surface area contributed by atoms with Crippen LogP contribution in [0, 0.1) is 0 Å². The van der Waals surface area contributed by atoms with Crippen molar-refractivity contribution in [2.45, 2.75) is 51.1 Å².